The molecule has 0 saturated heterocycles. The average Bonchev–Trinajstić information content (AvgIpc) is 2.62. The quantitative estimate of drug-likeness (QED) is 0.481. The Morgan fingerprint density at radius 3 is 2.92 bits per heavy atom. The van der Waals surface area contributed by atoms with E-state index in [9.17, 15) is 4.79 Å². The summed E-state index contributed by atoms with van der Waals surface area (Å²) in [4.78, 5) is 11.8. The summed E-state index contributed by atoms with van der Waals surface area (Å²) in [5.74, 6) is 1.07. The number of hydrogen-bond donors (Lipinski definition) is 0. The lowest BCUT2D eigenvalue weighted by Crippen LogP contribution is -2.32. The Morgan fingerprint density at radius 1 is 1.69 bits per heavy atom. The van der Waals surface area contributed by atoms with Crippen molar-refractivity contribution in [2.24, 2.45) is 17.3 Å². The van der Waals surface area contributed by atoms with E-state index < -0.39 is 0 Å². The first-order chi connectivity index (χ1) is 6.19. The minimum atomic E-state index is -0.263. The normalized spacial score (nSPS) is 41.1. The third-order valence-electron chi connectivity index (χ3n) is 3.46. The molecule has 2 bridgehead atoms. The molecule has 0 heterocycles. The Hall–Kier alpha value is -0.790. The fraction of sp³-hybridized carbons (Fsp3) is 0.727. The molecular weight excluding hydrogens is 164 g/mol. The van der Waals surface area contributed by atoms with Gasteiger partial charge < -0.3 is 4.74 Å². The van der Waals surface area contributed by atoms with E-state index in [0.29, 0.717) is 18.4 Å². The molecule has 1 saturated carbocycles. The highest BCUT2D eigenvalue weighted by atomic mass is 16.5. The van der Waals surface area contributed by atoms with Gasteiger partial charge in [0.1, 0.15) is 0 Å². The number of rotatable bonds is 2. The van der Waals surface area contributed by atoms with Crippen molar-refractivity contribution >= 4 is 5.97 Å². The SMILES string of the molecule is CCOC(=O)C12C=CC(CC1C)C2. The van der Waals surface area contributed by atoms with E-state index in [1.54, 1.807) is 0 Å². The van der Waals surface area contributed by atoms with Crippen molar-refractivity contribution in [3.05, 3.63) is 12.2 Å². The molecule has 13 heavy (non-hydrogen) atoms. The van der Waals surface area contributed by atoms with Crippen molar-refractivity contribution in [3.63, 3.8) is 0 Å². The number of ether oxygens (including phenoxy) is 1. The van der Waals surface area contributed by atoms with Crippen LogP contribution in [0.25, 0.3) is 0 Å². The zero-order chi connectivity index (χ0) is 9.47. The molecule has 2 aliphatic rings. The zero-order valence-electron chi connectivity index (χ0n) is 8.25. The molecule has 0 aromatic rings. The van der Waals surface area contributed by atoms with Crippen molar-refractivity contribution in [1.29, 1.82) is 0 Å². The summed E-state index contributed by atoms with van der Waals surface area (Å²) in [6.45, 7) is 4.51. The van der Waals surface area contributed by atoms with Crippen LogP contribution in [0.1, 0.15) is 26.7 Å². The topological polar surface area (TPSA) is 26.3 Å². The molecule has 0 aromatic heterocycles. The lowest BCUT2D eigenvalue weighted by Gasteiger charge is -2.26. The standard InChI is InChI=1S/C11H16O2/c1-3-13-10(12)11-5-4-9(7-11)6-8(11)2/h4-5,8-9H,3,6-7H2,1-2H3. The minimum Gasteiger partial charge on any atom is -0.465 e. The second-order valence-electron chi connectivity index (χ2n) is 4.22. The summed E-state index contributed by atoms with van der Waals surface area (Å²) in [5, 5.41) is 0. The Kier molecular flexibility index (Phi) is 1.94. The summed E-state index contributed by atoms with van der Waals surface area (Å²) in [6.07, 6.45) is 6.38. The Labute approximate surface area is 79.0 Å². The van der Waals surface area contributed by atoms with Crippen molar-refractivity contribution in [3.8, 4) is 0 Å². The highest BCUT2D eigenvalue weighted by Crippen LogP contribution is 2.53. The fourth-order valence-corrected chi connectivity index (χ4v) is 2.69. The van der Waals surface area contributed by atoms with Crippen LogP contribution in [0.15, 0.2) is 12.2 Å². The largest absolute Gasteiger partial charge is 0.465 e. The number of hydrogen-bond acceptors (Lipinski definition) is 2. The summed E-state index contributed by atoms with van der Waals surface area (Å²) < 4.78 is 5.13. The third-order valence-corrected chi connectivity index (χ3v) is 3.46. The Morgan fingerprint density at radius 2 is 2.46 bits per heavy atom. The molecule has 2 aliphatic carbocycles. The maximum Gasteiger partial charge on any atom is 0.316 e. The first kappa shape index (κ1) is 8.79. The third kappa shape index (κ3) is 1.11. The van der Waals surface area contributed by atoms with Gasteiger partial charge in [-0.2, -0.15) is 0 Å². The zero-order valence-corrected chi connectivity index (χ0v) is 8.25. The molecule has 0 radical (unpaired) electrons. The van der Waals surface area contributed by atoms with E-state index in [-0.39, 0.29) is 11.4 Å². The maximum absolute atomic E-state index is 11.8. The van der Waals surface area contributed by atoms with Crippen LogP contribution >= 0.6 is 0 Å². The Bertz CT molecular complexity index is 257. The van der Waals surface area contributed by atoms with Crippen LogP contribution in [-0.2, 0) is 9.53 Å². The molecule has 2 nitrogen and oxygen atoms in total. The molecule has 0 aliphatic heterocycles. The van der Waals surface area contributed by atoms with Gasteiger partial charge in [-0.25, -0.2) is 0 Å². The molecule has 0 amide bonds. The molecule has 0 N–H and O–H groups in total. The van der Waals surface area contributed by atoms with E-state index in [1.165, 1.54) is 0 Å². The molecule has 72 valence electrons. The van der Waals surface area contributed by atoms with Crippen molar-refractivity contribution < 1.29 is 9.53 Å². The summed E-state index contributed by atoms with van der Waals surface area (Å²) in [6, 6.07) is 0. The molecular formula is C11H16O2. The highest BCUT2D eigenvalue weighted by molar-refractivity contribution is 5.81. The van der Waals surface area contributed by atoms with Gasteiger partial charge >= 0.3 is 5.97 Å². The molecule has 2 heteroatoms. The first-order valence-electron chi connectivity index (χ1n) is 5.05. The minimum absolute atomic E-state index is 0.0150. The molecule has 0 spiro atoms. The van der Waals surface area contributed by atoms with Crippen LogP contribution in [0.5, 0.6) is 0 Å². The van der Waals surface area contributed by atoms with Crippen LogP contribution in [-0.4, -0.2) is 12.6 Å². The summed E-state index contributed by atoms with van der Waals surface area (Å²) in [5.41, 5.74) is -0.263. The number of esters is 1. The summed E-state index contributed by atoms with van der Waals surface area (Å²) >= 11 is 0. The molecule has 3 unspecified atom stereocenters. The monoisotopic (exact) mass is 180 g/mol. The lowest BCUT2D eigenvalue weighted by atomic mass is 9.79. The first-order valence-corrected chi connectivity index (χ1v) is 5.05. The van der Waals surface area contributed by atoms with Gasteiger partial charge in [0.05, 0.1) is 12.0 Å². The fourth-order valence-electron chi connectivity index (χ4n) is 2.69. The van der Waals surface area contributed by atoms with Gasteiger partial charge in [0.25, 0.3) is 0 Å². The van der Waals surface area contributed by atoms with Crippen molar-refractivity contribution in [1.82, 2.24) is 0 Å². The average molecular weight is 180 g/mol. The van der Waals surface area contributed by atoms with Gasteiger partial charge in [0, 0.05) is 0 Å². The number of allylic oxidation sites excluding steroid dienone is 1. The van der Waals surface area contributed by atoms with Crippen LogP contribution in [0.2, 0.25) is 0 Å². The second-order valence-corrected chi connectivity index (χ2v) is 4.22. The van der Waals surface area contributed by atoms with E-state index in [4.69, 9.17) is 4.74 Å². The highest BCUT2D eigenvalue weighted by Gasteiger charge is 2.52. The number of fused-ring (bicyclic) bond motifs is 2. The van der Waals surface area contributed by atoms with Crippen molar-refractivity contribution in [2.45, 2.75) is 26.7 Å². The molecule has 1 fully saturated rings. The van der Waals surface area contributed by atoms with E-state index >= 15 is 0 Å². The van der Waals surface area contributed by atoms with Gasteiger partial charge in [-0.15, -0.1) is 0 Å². The molecule has 3 atom stereocenters. The van der Waals surface area contributed by atoms with Gasteiger partial charge in [0.2, 0.25) is 0 Å². The van der Waals surface area contributed by atoms with Crippen LogP contribution in [0.3, 0.4) is 0 Å². The van der Waals surface area contributed by atoms with Crippen molar-refractivity contribution in [2.75, 3.05) is 6.61 Å². The molecule has 0 aromatic carbocycles. The van der Waals surface area contributed by atoms with Crippen LogP contribution < -0.4 is 0 Å². The summed E-state index contributed by atoms with van der Waals surface area (Å²) in [7, 11) is 0. The number of carbonyl (C=O) groups excluding carboxylic acids is 1. The van der Waals surface area contributed by atoms with Gasteiger partial charge in [-0.1, -0.05) is 19.1 Å². The predicted octanol–water partition coefficient (Wildman–Crippen LogP) is 2.15. The van der Waals surface area contributed by atoms with E-state index in [2.05, 4.69) is 19.1 Å². The van der Waals surface area contributed by atoms with Crippen LogP contribution in [0, 0.1) is 17.3 Å². The smallest absolute Gasteiger partial charge is 0.316 e. The van der Waals surface area contributed by atoms with Gasteiger partial charge in [0.15, 0.2) is 0 Å². The van der Waals surface area contributed by atoms with Crippen LogP contribution in [0.4, 0.5) is 0 Å². The van der Waals surface area contributed by atoms with Gasteiger partial charge in [-0.3, -0.25) is 4.79 Å². The van der Waals surface area contributed by atoms with E-state index in [0.717, 1.165) is 12.8 Å². The van der Waals surface area contributed by atoms with Gasteiger partial charge in [-0.05, 0) is 31.6 Å². The number of carbonyl (C=O) groups is 1. The molecule has 2 rings (SSSR count). The maximum atomic E-state index is 11.8. The predicted molar refractivity (Wildman–Crippen MR) is 50.1 cm³/mol. The van der Waals surface area contributed by atoms with E-state index in [1.807, 2.05) is 6.92 Å². The lowest BCUT2D eigenvalue weighted by molar-refractivity contribution is -0.153. The Balaban J connectivity index is 2.20. The second kappa shape index (κ2) is 2.86.